The van der Waals surface area contributed by atoms with Gasteiger partial charge in [-0.2, -0.15) is 18.3 Å². The monoisotopic (exact) mass is 496 g/mol. The lowest BCUT2D eigenvalue weighted by molar-refractivity contribution is -0.137. The van der Waals surface area contributed by atoms with Crippen LogP contribution in [0.15, 0.2) is 79.0 Å². The van der Waals surface area contributed by atoms with Gasteiger partial charge >= 0.3 is 6.18 Å². The van der Waals surface area contributed by atoms with E-state index < -0.39 is 17.6 Å². The van der Waals surface area contributed by atoms with Crippen molar-refractivity contribution in [3.63, 3.8) is 0 Å². The molecular formula is C24H16ClF3N6O. The summed E-state index contributed by atoms with van der Waals surface area (Å²) in [4.78, 5) is 13.2. The van der Waals surface area contributed by atoms with E-state index in [1.165, 1.54) is 15.1 Å². The first-order chi connectivity index (χ1) is 16.8. The van der Waals surface area contributed by atoms with E-state index in [0.717, 1.165) is 17.8 Å². The normalized spacial score (nSPS) is 11.7. The first-order valence-electron chi connectivity index (χ1n) is 10.4. The summed E-state index contributed by atoms with van der Waals surface area (Å²) >= 11 is 5.98. The minimum atomic E-state index is -4.51. The van der Waals surface area contributed by atoms with Crippen LogP contribution in [0.5, 0.6) is 0 Å². The van der Waals surface area contributed by atoms with Crippen molar-refractivity contribution in [1.82, 2.24) is 29.7 Å². The van der Waals surface area contributed by atoms with E-state index in [1.54, 1.807) is 42.5 Å². The number of amides is 1. The van der Waals surface area contributed by atoms with Crippen LogP contribution in [0.3, 0.4) is 0 Å². The minimum Gasteiger partial charge on any atom is -0.343 e. The maximum absolute atomic E-state index is 13.2. The number of alkyl halides is 3. The van der Waals surface area contributed by atoms with Gasteiger partial charge in [-0.25, -0.2) is 4.68 Å². The van der Waals surface area contributed by atoms with Crippen molar-refractivity contribution in [1.29, 1.82) is 0 Å². The van der Waals surface area contributed by atoms with E-state index in [1.807, 2.05) is 18.2 Å². The number of rotatable bonds is 5. The third kappa shape index (κ3) is 4.60. The molecule has 5 aromatic rings. The lowest BCUT2D eigenvalue weighted by Crippen LogP contribution is -2.26. The number of nitrogens with one attached hydrogen (secondary N) is 1. The van der Waals surface area contributed by atoms with Crippen molar-refractivity contribution >= 4 is 23.2 Å². The number of pyridine rings is 1. The van der Waals surface area contributed by atoms with Crippen molar-refractivity contribution < 1.29 is 18.0 Å². The zero-order chi connectivity index (χ0) is 24.6. The van der Waals surface area contributed by atoms with Crippen LogP contribution in [0.2, 0.25) is 5.02 Å². The number of para-hydroxylation sites is 1. The van der Waals surface area contributed by atoms with Crippen molar-refractivity contribution in [2.75, 3.05) is 0 Å². The number of benzene rings is 2. The highest BCUT2D eigenvalue weighted by Gasteiger charge is 2.31. The predicted octanol–water partition coefficient (Wildman–Crippen LogP) is 5.18. The largest absolute Gasteiger partial charge is 0.417 e. The topological polar surface area (TPSA) is 77.1 Å². The Morgan fingerprint density at radius 3 is 2.43 bits per heavy atom. The average Bonchev–Trinajstić information content (AvgIpc) is 3.47. The third-order valence-corrected chi connectivity index (χ3v) is 5.54. The second kappa shape index (κ2) is 8.88. The SMILES string of the molecule is O=C(NCc1nnc2ccc(C(F)(F)F)cn12)c1cc(-c2ccc(Cl)cc2)nn1-c1ccccc1. The van der Waals surface area contributed by atoms with Gasteiger partial charge in [-0.1, -0.05) is 41.9 Å². The van der Waals surface area contributed by atoms with E-state index in [9.17, 15) is 18.0 Å². The van der Waals surface area contributed by atoms with Gasteiger partial charge in [0, 0.05) is 16.8 Å². The van der Waals surface area contributed by atoms with Gasteiger partial charge in [0.05, 0.1) is 23.5 Å². The van der Waals surface area contributed by atoms with Crippen LogP contribution in [0.1, 0.15) is 21.9 Å². The summed E-state index contributed by atoms with van der Waals surface area (Å²) in [5.74, 6) is -0.326. The number of nitrogens with zero attached hydrogens (tertiary/aromatic N) is 5. The molecule has 0 bridgehead atoms. The van der Waals surface area contributed by atoms with Gasteiger partial charge in [0.1, 0.15) is 5.69 Å². The molecule has 0 saturated carbocycles. The molecule has 0 aliphatic heterocycles. The van der Waals surface area contributed by atoms with Crippen LogP contribution < -0.4 is 5.32 Å². The molecule has 1 amide bonds. The number of aromatic nitrogens is 5. The average molecular weight is 497 g/mol. The van der Waals surface area contributed by atoms with Crippen LogP contribution in [-0.2, 0) is 12.7 Å². The lowest BCUT2D eigenvalue weighted by Gasteiger charge is -2.09. The van der Waals surface area contributed by atoms with Gasteiger partial charge in [0.2, 0.25) is 0 Å². The molecule has 0 radical (unpaired) electrons. The van der Waals surface area contributed by atoms with E-state index in [2.05, 4.69) is 20.6 Å². The smallest absolute Gasteiger partial charge is 0.343 e. The summed E-state index contributed by atoms with van der Waals surface area (Å²) in [6.45, 7) is -0.141. The van der Waals surface area contributed by atoms with Crippen LogP contribution >= 0.6 is 11.6 Å². The molecule has 1 N–H and O–H groups in total. The quantitative estimate of drug-likeness (QED) is 0.363. The van der Waals surface area contributed by atoms with Crippen molar-refractivity contribution in [2.24, 2.45) is 0 Å². The Bertz CT molecular complexity index is 1510. The van der Waals surface area contributed by atoms with Crippen LogP contribution in [0, 0.1) is 0 Å². The Kier molecular flexibility index (Phi) is 5.73. The standard InChI is InChI=1S/C24H16ClF3N6O/c25-17-9-6-15(7-10-17)19-12-20(34(32-19)18-4-2-1-3-5-18)23(35)29-13-22-31-30-21-11-8-16(14-33(21)22)24(26,27)28/h1-12,14H,13H2,(H,29,35). The number of carbonyl (C=O) groups excluding carboxylic acids is 1. The van der Waals surface area contributed by atoms with Crippen LogP contribution in [0.4, 0.5) is 13.2 Å². The molecule has 3 aromatic heterocycles. The van der Waals surface area contributed by atoms with Crippen LogP contribution in [0.25, 0.3) is 22.6 Å². The van der Waals surface area contributed by atoms with Crippen molar-refractivity contribution in [2.45, 2.75) is 12.7 Å². The zero-order valence-electron chi connectivity index (χ0n) is 17.9. The summed E-state index contributed by atoms with van der Waals surface area (Å²) in [6, 6.07) is 19.9. The van der Waals surface area contributed by atoms with Crippen molar-refractivity contribution in [3.05, 3.63) is 101 Å². The maximum atomic E-state index is 13.2. The van der Waals surface area contributed by atoms with E-state index >= 15 is 0 Å². The van der Waals surface area contributed by atoms with Gasteiger partial charge in [-0.05, 0) is 42.5 Å². The summed E-state index contributed by atoms with van der Waals surface area (Å²) < 4.78 is 42.1. The third-order valence-electron chi connectivity index (χ3n) is 5.29. The highest BCUT2D eigenvalue weighted by atomic mass is 35.5. The molecule has 3 heterocycles. The fourth-order valence-electron chi connectivity index (χ4n) is 3.55. The van der Waals surface area contributed by atoms with Gasteiger partial charge in [-0.15, -0.1) is 10.2 Å². The molecule has 35 heavy (non-hydrogen) atoms. The van der Waals surface area contributed by atoms with E-state index in [4.69, 9.17) is 11.6 Å². The Hall–Kier alpha value is -4.18. The Labute approximate surface area is 201 Å². The molecule has 176 valence electrons. The molecular weight excluding hydrogens is 481 g/mol. The first-order valence-corrected chi connectivity index (χ1v) is 10.8. The number of halogens is 4. The summed E-state index contributed by atoms with van der Waals surface area (Å²) in [6.07, 6.45) is -3.61. The molecule has 0 atom stereocenters. The van der Waals surface area contributed by atoms with E-state index in [0.29, 0.717) is 16.4 Å². The van der Waals surface area contributed by atoms with Gasteiger partial charge in [0.15, 0.2) is 11.5 Å². The molecule has 0 fully saturated rings. The molecule has 0 unspecified atom stereocenters. The second-order valence-electron chi connectivity index (χ2n) is 7.61. The van der Waals surface area contributed by atoms with Crippen molar-refractivity contribution in [3.8, 4) is 16.9 Å². The van der Waals surface area contributed by atoms with Crippen LogP contribution in [-0.4, -0.2) is 30.3 Å². The molecule has 5 rings (SSSR count). The van der Waals surface area contributed by atoms with Gasteiger partial charge < -0.3 is 5.32 Å². The number of hydrogen-bond donors (Lipinski definition) is 1. The maximum Gasteiger partial charge on any atom is 0.417 e. The molecule has 2 aromatic carbocycles. The fourth-order valence-corrected chi connectivity index (χ4v) is 3.67. The highest BCUT2D eigenvalue weighted by molar-refractivity contribution is 6.30. The molecule has 0 aliphatic rings. The van der Waals surface area contributed by atoms with Gasteiger partial charge in [0.25, 0.3) is 5.91 Å². The summed E-state index contributed by atoms with van der Waals surface area (Å²) in [7, 11) is 0. The number of carbonyl (C=O) groups is 1. The second-order valence-corrected chi connectivity index (χ2v) is 8.05. The van der Waals surface area contributed by atoms with Gasteiger partial charge in [-0.3, -0.25) is 9.20 Å². The molecule has 0 saturated heterocycles. The molecule has 11 heteroatoms. The summed E-state index contributed by atoms with van der Waals surface area (Å²) in [5.41, 5.74) is 1.62. The lowest BCUT2D eigenvalue weighted by atomic mass is 10.1. The minimum absolute atomic E-state index is 0.141. The molecule has 0 spiro atoms. The van der Waals surface area contributed by atoms with E-state index in [-0.39, 0.29) is 23.7 Å². The Balaban J connectivity index is 1.46. The number of fused-ring (bicyclic) bond motifs is 1. The number of hydrogen-bond acceptors (Lipinski definition) is 4. The Morgan fingerprint density at radius 1 is 0.971 bits per heavy atom. The summed E-state index contributed by atoms with van der Waals surface area (Å²) in [5, 5.41) is 15.7. The fraction of sp³-hybridized carbons (Fsp3) is 0.0833. The first kappa shape index (κ1) is 22.6. The molecule has 7 nitrogen and oxygen atoms in total. The predicted molar refractivity (Wildman–Crippen MR) is 123 cm³/mol. The highest BCUT2D eigenvalue weighted by Crippen LogP contribution is 2.29. The molecule has 0 aliphatic carbocycles. The Morgan fingerprint density at radius 2 is 1.71 bits per heavy atom. The zero-order valence-corrected chi connectivity index (χ0v) is 18.6.